The number of fused-ring (bicyclic) bond motifs is 1. The summed E-state index contributed by atoms with van der Waals surface area (Å²) >= 11 is 0. The summed E-state index contributed by atoms with van der Waals surface area (Å²) in [6, 6.07) is 19.6. The zero-order chi connectivity index (χ0) is 25.0. The van der Waals surface area contributed by atoms with Crippen molar-refractivity contribution in [1.82, 2.24) is 14.8 Å². The van der Waals surface area contributed by atoms with Gasteiger partial charge in [-0.1, -0.05) is 54.6 Å². The van der Waals surface area contributed by atoms with Crippen LogP contribution in [0.25, 0.3) is 11.1 Å². The van der Waals surface area contributed by atoms with E-state index in [1.54, 1.807) is 0 Å². The second-order valence-electron chi connectivity index (χ2n) is 12.5. The molecule has 4 saturated carbocycles. The van der Waals surface area contributed by atoms with Gasteiger partial charge in [-0.15, -0.1) is 10.2 Å². The molecular weight excluding hydrogens is 458 g/mol. The topological polar surface area (TPSA) is 57.0 Å². The van der Waals surface area contributed by atoms with Crippen molar-refractivity contribution in [2.45, 2.75) is 81.6 Å². The maximum Gasteiger partial charge on any atom is 0.305 e. The molecule has 0 saturated heterocycles. The van der Waals surface area contributed by atoms with Crippen molar-refractivity contribution in [2.75, 3.05) is 7.11 Å². The molecule has 4 aliphatic carbocycles. The van der Waals surface area contributed by atoms with E-state index in [1.807, 2.05) is 0 Å². The number of rotatable bonds is 6. The number of methoxy groups -OCH3 is 1. The predicted octanol–water partition coefficient (Wildman–Crippen LogP) is 6.25. The zero-order valence-electron chi connectivity index (χ0n) is 21.9. The summed E-state index contributed by atoms with van der Waals surface area (Å²) < 4.78 is 7.57. The lowest BCUT2D eigenvalue weighted by molar-refractivity contribution is -0.141. The molecule has 0 spiro atoms. The third kappa shape index (κ3) is 3.93. The van der Waals surface area contributed by atoms with Gasteiger partial charge < -0.3 is 9.30 Å². The number of hydrogen-bond donors (Lipinski definition) is 0. The van der Waals surface area contributed by atoms with Crippen molar-refractivity contribution in [1.29, 1.82) is 0 Å². The van der Waals surface area contributed by atoms with Crippen LogP contribution in [0.5, 0.6) is 0 Å². The molecule has 0 amide bonds. The highest BCUT2D eigenvalue weighted by atomic mass is 16.5. The molecule has 5 heteroatoms. The highest BCUT2D eigenvalue weighted by Crippen LogP contribution is 2.60. The standard InChI is InChI=1S/C32H37N3O2/c1-37-29(36)12-14-31(27-9-7-26(8-10-27)25-5-3-2-4-6-25)13-11-28-33-34-30(35(28)21-31)32-18-22-15-23(19-32)17-24(16-22)20-32/h2-10,22-24H,11-21H2,1H3. The molecule has 192 valence electrons. The fourth-order valence-electron chi connectivity index (χ4n) is 8.87. The summed E-state index contributed by atoms with van der Waals surface area (Å²) in [5.74, 6) is 4.88. The van der Waals surface area contributed by atoms with Gasteiger partial charge in [-0.2, -0.15) is 0 Å². The summed E-state index contributed by atoms with van der Waals surface area (Å²) in [5.41, 5.74) is 3.85. The Morgan fingerprint density at radius 2 is 1.57 bits per heavy atom. The van der Waals surface area contributed by atoms with Gasteiger partial charge in [0.15, 0.2) is 0 Å². The summed E-state index contributed by atoms with van der Waals surface area (Å²) in [7, 11) is 1.49. The normalized spacial score (nSPS) is 31.8. The minimum atomic E-state index is -0.129. The number of ether oxygens (including phenoxy) is 1. The molecule has 37 heavy (non-hydrogen) atoms. The number of esters is 1. The summed E-state index contributed by atoms with van der Waals surface area (Å²) in [6.07, 6.45) is 11.2. The van der Waals surface area contributed by atoms with E-state index in [0.717, 1.165) is 49.4 Å². The fourth-order valence-corrected chi connectivity index (χ4v) is 8.87. The van der Waals surface area contributed by atoms with Crippen LogP contribution in [0.1, 0.15) is 75.0 Å². The molecule has 2 heterocycles. The lowest BCUT2D eigenvalue weighted by atomic mass is 9.49. The van der Waals surface area contributed by atoms with E-state index in [0.29, 0.717) is 6.42 Å². The minimum absolute atomic E-state index is 0.129. The molecule has 5 aliphatic rings. The average molecular weight is 496 g/mol. The summed E-state index contributed by atoms with van der Waals surface area (Å²) in [4.78, 5) is 12.3. The monoisotopic (exact) mass is 495 g/mol. The van der Waals surface area contributed by atoms with Crippen molar-refractivity contribution in [3.8, 4) is 11.1 Å². The van der Waals surface area contributed by atoms with Crippen LogP contribution < -0.4 is 0 Å². The number of carbonyl (C=O) groups is 1. The summed E-state index contributed by atoms with van der Waals surface area (Å²) in [6.45, 7) is 0.855. The first kappa shape index (κ1) is 23.2. The molecule has 1 aromatic heterocycles. The van der Waals surface area contributed by atoms with E-state index in [9.17, 15) is 4.79 Å². The van der Waals surface area contributed by atoms with Crippen molar-refractivity contribution in [2.24, 2.45) is 17.8 Å². The quantitative estimate of drug-likeness (QED) is 0.379. The van der Waals surface area contributed by atoms with E-state index >= 15 is 0 Å². The Balaban J connectivity index is 1.25. The lowest BCUT2D eigenvalue weighted by Crippen LogP contribution is -2.50. The van der Waals surface area contributed by atoms with Gasteiger partial charge in [0.05, 0.1) is 7.11 Å². The maximum atomic E-state index is 12.3. The van der Waals surface area contributed by atoms with Gasteiger partial charge in [-0.3, -0.25) is 4.79 Å². The first-order valence-electron chi connectivity index (χ1n) is 14.2. The number of aromatic nitrogens is 3. The van der Waals surface area contributed by atoms with Crippen molar-refractivity contribution < 1.29 is 9.53 Å². The second kappa shape index (κ2) is 8.82. The maximum absolute atomic E-state index is 12.3. The Labute approximate surface area is 219 Å². The van der Waals surface area contributed by atoms with Gasteiger partial charge in [-0.05, 0) is 85.8 Å². The van der Waals surface area contributed by atoms with E-state index in [-0.39, 0.29) is 16.8 Å². The number of aryl methyl sites for hydroxylation is 1. The van der Waals surface area contributed by atoms with E-state index in [2.05, 4.69) is 59.2 Å². The zero-order valence-corrected chi connectivity index (χ0v) is 21.9. The molecular formula is C32H37N3O2. The van der Waals surface area contributed by atoms with Crippen LogP contribution in [0, 0.1) is 17.8 Å². The van der Waals surface area contributed by atoms with Crippen molar-refractivity contribution >= 4 is 5.97 Å². The highest BCUT2D eigenvalue weighted by molar-refractivity contribution is 5.69. The van der Waals surface area contributed by atoms with E-state index in [4.69, 9.17) is 14.9 Å². The van der Waals surface area contributed by atoms with Gasteiger partial charge in [0.25, 0.3) is 0 Å². The molecule has 0 radical (unpaired) electrons. The second-order valence-corrected chi connectivity index (χ2v) is 12.5. The number of nitrogens with zero attached hydrogens (tertiary/aromatic N) is 3. The minimum Gasteiger partial charge on any atom is -0.469 e. The molecule has 1 aliphatic heterocycles. The summed E-state index contributed by atoms with van der Waals surface area (Å²) in [5, 5.41) is 9.69. The third-order valence-corrected chi connectivity index (χ3v) is 10.3. The van der Waals surface area contributed by atoms with Gasteiger partial charge in [-0.25, -0.2) is 0 Å². The van der Waals surface area contributed by atoms with Gasteiger partial charge in [0.2, 0.25) is 0 Å². The molecule has 1 unspecified atom stereocenters. The third-order valence-electron chi connectivity index (χ3n) is 10.3. The highest BCUT2D eigenvalue weighted by Gasteiger charge is 2.54. The molecule has 2 aromatic carbocycles. The first-order valence-corrected chi connectivity index (χ1v) is 14.2. The number of carbonyl (C=O) groups excluding carboxylic acids is 1. The molecule has 4 bridgehead atoms. The average Bonchev–Trinajstić information content (AvgIpc) is 3.35. The lowest BCUT2D eigenvalue weighted by Gasteiger charge is -2.56. The molecule has 1 atom stereocenters. The van der Waals surface area contributed by atoms with Crippen LogP contribution in [-0.4, -0.2) is 27.8 Å². The van der Waals surface area contributed by atoms with Crippen LogP contribution in [0.4, 0.5) is 0 Å². The van der Waals surface area contributed by atoms with E-state index in [1.165, 1.54) is 68.1 Å². The van der Waals surface area contributed by atoms with Crippen molar-refractivity contribution in [3.63, 3.8) is 0 Å². The molecule has 8 rings (SSSR count). The first-order chi connectivity index (χ1) is 18.1. The number of benzene rings is 2. The van der Waals surface area contributed by atoms with Gasteiger partial charge in [0, 0.05) is 30.2 Å². The van der Waals surface area contributed by atoms with Crippen LogP contribution >= 0.6 is 0 Å². The predicted molar refractivity (Wildman–Crippen MR) is 143 cm³/mol. The van der Waals surface area contributed by atoms with Crippen LogP contribution in [-0.2, 0) is 33.3 Å². The van der Waals surface area contributed by atoms with E-state index < -0.39 is 0 Å². The van der Waals surface area contributed by atoms with Crippen molar-refractivity contribution in [3.05, 3.63) is 71.8 Å². The molecule has 3 aromatic rings. The number of hydrogen-bond acceptors (Lipinski definition) is 4. The Hall–Kier alpha value is -2.95. The Morgan fingerprint density at radius 1 is 0.919 bits per heavy atom. The van der Waals surface area contributed by atoms with Crippen LogP contribution in [0.3, 0.4) is 0 Å². The Morgan fingerprint density at radius 3 is 2.22 bits per heavy atom. The van der Waals surface area contributed by atoms with Crippen LogP contribution in [0.15, 0.2) is 54.6 Å². The smallest absolute Gasteiger partial charge is 0.305 e. The Kier molecular flexibility index (Phi) is 5.53. The Bertz CT molecular complexity index is 1260. The largest absolute Gasteiger partial charge is 0.469 e. The van der Waals surface area contributed by atoms with Gasteiger partial charge >= 0.3 is 5.97 Å². The SMILES string of the molecule is COC(=O)CCC1(c2ccc(-c3ccccc3)cc2)CCc2nnc(C34CC5CC(CC(C5)C3)C4)n2C1. The fraction of sp³-hybridized carbons (Fsp3) is 0.531. The van der Waals surface area contributed by atoms with Crippen LogP contribution in [0.2, 0.25) is 0 Å². The molecule has 5 nitrogen and oxygen atoms in total. The van der Waals surface area contributed by atoms with Gasteiger partial charge in [0.1, 0.15) is 11.6 Å². The molecule has 0 N–H and O–H groups in total. The molecule has 4 fully saturated rings.